The van der Waals surface area contributed by atoms with Gasteiger partial charge >= 0.3 is 0 Å². The molecule has 30 heavy (non-hydrogen) atoms. The van der Waals surface area contributed by atoms with Crippen molar-refractivity contribution in [2.75, 3.05) is 5.32 Å². The van der Waals surface area contributed by atoms with Crippen LogP contribution in [0.25, 0.3) is 0 Å². The number of rotatable bonds is 7. The second-order valence-corrected chi connectivity index (χ2v) is 8.15. The van der Waals surface area contributed by atoms with Crippen LogP contribution in [0.4, 0.5) is 5.69 Å². The van der Waals surface area contributed by atoms with Crippen molar-refractivity contribution in [2.45, 2.75) is 45.2 Å². The van der Waals surface area contributed by atoms with E-state index in [1.807, 2.05) is 26.1 Å². The smallest absolute Gasteiger partial charge is 0.251 e. The molecule has 2 N–H and O–H groups in total. The molecule has 6 nitrogen and oxygen atoms in total. The number of carbonyl (C=O) groups is 2. The maximum Gasteiger partial charge on any atom is 0.251 e. The zero-order valence-corrected chi connectivity index (χ0v) is 17.3. The minimum Gasteiger partial charge on any atom is -0.345 e. The molecule has 0 unspecified atom stereocenters. The van der Waals surface area contributed by atoms with Gasteiger partial charge in [-0.15, -0.1) is 0 Å². The van der Waals surface area contributed by atoms with Crippen LogP contribution in [-0.2, 0) is 29.7 Å². The lowest BCUT2D eigenvalue weighted by Crippen LogP contribution is -2.27. The molecular formula is C24H26N4O2. The van der Waals surface area contributed by atoms with Crippen LogP contribution in [-0.4, -0.2) is 21.4 Å². The number of carbonyl (C=O) groups excluding carboxylic acids is 2. The van der Waals surface area contributed by atoms with Crippen LogP contribution in [0, 0.1) is 0 Å². The van der Waals surface area contributed by atoms with Crippen LogP contribution in [0.15, 0.2) is 60.9 Å². The maximum atomic E-state index is 12.7. The van der Waals surface area contributed by atoms with Gasteiger partial charge in [0.05, 0.1) is 12.0 Å². The molecule has 0 fully saturated rings. The van der Waals surface area contributed by atoms with Crippen molar-refractivity contribution in [3.63, 3.8) is 0 Å². The summed E-state index contributed by atoms with van der Waals surface area (Å²) in [5, 5.41) is 5.81. The van der Waals surface area contributed by atoms with Crippen LogP contribution < -0.4 is 10.6 Å². The van der Waals surface area contributed by atoms with E-state index in [-0.39, 0.29) is 11.8 Å². The van der Waals surface area contributed by atoms with E-state index in [9.17, 15) is 9.59 Å². The van der Waals surface area contributed by atoms with Crippen molar-refractivity contribution >= 4 is 17.5 Å². The lowest BCUT2D eigenvalue weighted by atomic mass is 9.85. The Morgan fingerprint density at radius 1 is 1.17 bits per heavy atom. The van der Waals surface area contributed by atoms with Gasteiger partial charge in [-0.05, 0) is 56.0 Å². The maximum absolute atomic E-state index is 12.7. The predicted molar refractivity (Wildman–Crippen MR) is 116 cm³/mol. The second-order valence-electron chi connectivity index (χ2n) is 8.15. The van der Waals surface area contributed by atoms with Gasteiger partial charge < -0.3 is 15.2 Å². The van der Waals surface area contributed by atoms with E-state index in [1.54, 1.807) is 24.4 Å². The normalized spacial score (nSPS) is 14.3. The minimum atomic E-state index is -0.638. The molecule has 2 heterocycles. The van der Waals surface area contributed by atoms with Gasteiger partial charge in [0.1, 0.15) is 5.82 Å². The first-order chi connectivity index (χ1) is 14.4. The molecule has 1 aromatic heterocycles. The Morgan fingerprint density at radius 2 is 1.97 bits per heavy atom. The summed E-state index contributed by atoms with van der Waals surface area (Å²) >= 11 is 0. The van der Waals surface area contributed by atoms with E-state index in [2.05, 4.69) is 44.5 Å². The van der Waals surface area contributed by atoms with Gasteiger partial charge in [-0.3, -0.25) is 9.59 Å². The Hall–Kier alpha value is -3.41. The third kappa shape index (κ3) is 3.99. The molecule has 0 bridgehead atoms. The van der Waals surface area contributed by atoms with Gasteiger partial charge in [-0.25, -0.2) is 4.98 Å². The highest BCUT2D eigenvalue weighted by Gasteiger charge is 2.38. The van der Waals surface area contributed by atoms with Gasteiger partial charge in [0, 0.05) is 30.2 Å². The number of benzene rings is 2. The van der Waals surface area contributed by atoms with E-state index in [1.165, 1.54) is 5.56 Å². The number of anilines is 1. The molecule has 0 saturated heterocycles. The first kappa shape index (κ1) is 19.9. The van der Waals surface area contributed by atoms with E-state index in [0.717, 1.165) is 36.5 Å². The van der Waals surface area contributed by atoms with Crippen molar-refractivity contribution in [1.29, 1.82) is 0 Å². The summed E-state index contributed by atoms with van der Waals surface area (Å²) < 4.78 is 2.08. The molecule has 4 rings (SSSR count). The molecule has 2 aromatic carbocycles. The van der Waals surface area contributed by atoms with E-state index in [0.29, 0.717) is 12.1 Å². The highest BCUT2D eigenvalue weighted by molar-refractivity contribution is 6.07. The molecule has 0 spiro atoms. The van der Waals surface area contributed by atoms with E-state index in [4.69, 9.17) is 0 Å². The van der Waals surface area contributed by atoms with Gasteiger partial charge in [-0.1, -0.05) is 30.3 Å². The third-order valence-electron chi connectivity index (χ3n) is 5.69. The Kier molecular flexibility index (Phi) is 5.40. The third-order valence-corrected chi connectivity index (χ3v) is 5.69. The number of aryl methyl sites for hydroxylation is 2. The van der Waals surface area contributed by atoms with Crippen molar-refractivity contribution in [3.05, 3.63) is 83.4 Å². The van der Waals surface area contributed by atoms with Crippen LogP contribution in [0.2, 0.25) is 0 Å². The minimum absolute atomic E-state index is 0.0485. The summed E-state index contributed by atoms with van der Waals surface area (Å²) in [6.07, 6.45) is 5.71. The molecule has 0 atom stereocenters. The molecule has 154 valence electrons. The number of nitrogens with one attached hydrogen (secondary N) is 2. The van der Waals surface area contributed by atoms with Gasteiger partial charge in [0.25, 0.3) is 5.91 Å². The number of imidazole rings is 1. The average molecular weight is 402 g/mol. The first-order valence-electron chi connectivity index (χ1n) is 10.2. The number of amides is 2. The highest BCUT2D eigenvalue weighted by Crippen LogP contribution is 2.37. The van der Waals surface area contributed by atoms with Crippen LogP contribution in [0.1, 0.15) is 47.6 Å². The molecule has 3 aromatic rings. The molecule has 1 aliphatic heterocycles. The fourth-order valence-electron chi connectivity index (χ4n) is 3.78. The average Bonchev–Trinajstić information content (AvgIpc) is 3.28. The van der Waals surface area contributed by atoms with E-state index < -0.39 is 5.41 Å². The number of aromatic nitrogens is 2. The van der Waals surface area contributed by atoms with Crippen molar-refractivity contribution in [2.24, 2.45) is 0 Å². The molecule has 0 radical (unpaired) electrons. The zero-order valence-electron chi connectivity index (χ0n) is 17.3. The first-order valence-corrected chi connectivity index (χ1v) is 10.2. The second kappa shape index (κ2) is 8.14. The molecule has 0 saturated carbocycles. The van der Waals surface area contributed by atoms with E-state index >= 15 is 0 Å². The fraction of sp³-hybridized carbons (Fsp3) is 0.292. The number of fused-ring (bicyclic) bond motifs is 1. The summed E-state index contributed by atoms with van der Waals surface area (Å²) in [6, 6.07) is 15.7. The molecule has 6 heteroatoms. The predicted octanol–water partition coefficient (Wildman–Crippen LogP) is 3.68. The Labute approximate surface area is 176 Å². The summed E-state index contributed by atoms with van der Waals surface area (Å²) in [5.41, 5.74) is 2.85. The highest BCUT2D eigenvalue weighted by atomic mass is 16.2. The van der Waals surface area contributed by atoms with Crippen LogP contribution in [0.5, 0.6) is 0 Å². The molecule has 2 amide bonds. The zero-order chi connectivity index (χ0) is 21.1. The summed E-state index contributed by atoms with van der Waals surface area (Å²) in [7, 11) is 0. The van der Waals surface area contributed by atoms with Crippen molar-refractivity contribution in [3.8, 4) is 0 Å². The summed E-state index contributed by atoms with van der Waals surface area (Å²) in [4.78, 5) is 29.2. The lowest BCUT2D eigenvalue weighted by Gasteiger charge is -2.15. The summed E-state index contributed by atoms with van der Waals surface area (Å²) in [5.74, 6) is 0.606. The van der Waals surface area contributed by atoms with Gasteiger partial charge in [-0.2, -0.15) is 0 Å². The SMILES string of the molecule is CC1(C)C(=O)Nc2ccc(C(=O)NCc3nccn3CCCc3ccccc3)cc21. The molecular weight excluding hydrogens is 376 g/mol. The van der Waals surface area contributed by atoms with Crippen molar-refractivity contribution in [1.82, 2.24) is 14.9 Å². The van der Waals surface area contributed by atoms with Gasteiger partial charge in [0.15, 0.2) is 0 Å². The standard InChI is InChI=1S/C24H26N4O2/c1-24(2)19-15-18(10-11-20(19)27-23(24)30)22(29)26-16-21-25-12-14-28(21)13-6-9-17-7-4-3-5-8-17/h3-5,7-8,10-12,14-15H,6,9,13,16H2,1-2H3,(H,26,29)(H,27,30). The van der Waals surface area contributed by atoms with Crippen molar-refractivity contribution < 1.29 is 9.59 Å². The van der Waals surface area contributed by atoms with Crippen LogP contribution >= 0.6 is 0 Å². The number of hydrogen-bond acceptors (Lipinski definition) is 3. The summed E-state index contributed by atoms with van der Waals surface area (Å²) in [6.45, 7) is 4.93. The topological polar surface area (TPSA) is 76.0 Å². The molecule has 0 aliphatic carbocycles. The quantitative estimate of drug-likeness (QED) is 0.633. The number of nitrogens with zero attached hydrogens (tertiary/aromatic N) is 2. The Bertz CT molecular complexity index is 1070. The lowest BCUT2D eigenvalue weighted by molar-refractivity contribution is -0.119. The molecule has 1 aliphatic rings. The van der Waals surface area contributed by atoms with Crippen LogP contribution in [0.3, 0.4) is 0 Å². The van der Waals surface area contributed by atoms with Gasteiger partial charge in [0.2, 0.25) is 5.91 Å². The number of hydrogen-bond donors (Lipinski definition) is 2. The monoisotopic (exact) mass is 402 g/mol. The fourth-order valence-corrected chi connectivity index (χ4v) is 3.78. The Morgan fingerprint density at radius 3 is 2.77 bits per heavy atom. The Balaban J connectivity index is 1.36. The largest absolute Gasteiger partial charge is 0.345 e.